The Morgan fingerprint density at radius 1 is 1.08 bits per heavy atom. The van der Waals surface area contributed by atoms with Gasteiger partial charge in [0.2, 0.25) is 0 Å². The Bertz CT molecular complexity index is 438. The second-order valence-electron chi connectivity index (χ2n) is 6.80. The van der Waals surface area contributed by atoms with E-state index in [2.05, 4.69) is 6.92 Å². The largest absolute Gasteiger partial charge is 0.481 e. The van der Waals surface area contributed by atoms with Gasteiger partial charge in [-0.05, 0) is 25.7 Å². The van der Waals surface area contributed by atoms with Crippen molar-refractivity contribution in [2.24, 2.45) is 5.92 Å². The van der Waals surface area contributed by atoms with Gasteiger partial charge in [-0.3, -0.25) is 9.59 Å². The molecule has 0 aliphatic heterocycles. The van der Waals surface area contributed by atoms with Crippen molar-refractivity contribution in [1.82, 2.24) is 0 Å². The van der Waals surface area contributed by atoms with Crippen molar-refractivity contribution in [2.45, 2.75) is 82.2 Å². The number of Topliss-reactive ketones (excluding diaryl/α,β-unsaturated/α-hetero) is 1. The number of thioether (sulfide) groups is 1. The molecule has 144 valence electrons. The summed E-state index contributed by atoms with van der Waals surface area (Å²) in [5, 5.41) is 28.8. The lowest BCUT2D eigenvalue weighted by molar-refractivity contribution is -0.137. The standard InChI is InChI=1S/C19H32O5S/c1-2-3-6-9-14(20)13-25-19-15(16(21)12-17(19)22)10-7-4-5-8-11-18(23)24/h4,7,15-17,19,21-22H,2-3,5-6,8-13H2,1H3,(H,23,24). The molecule has 5 nitrogen and oxygen atoms in total. The van der Waals surface area contributed by atoms with Gasteiger partial charge in [0, 0.05) is 30.4 Å². The molecule has 1 rings (SSSR count). The average molecular weight is 373 g/mol. The SMILES string of the molecule is CCCCCC(=O)CSC1C(O)CC(O)C1CC=CCCCC(=O)O. The lowest BCUT2D eigenvalue weighted by Gasteiger charge is -2.21. The number of carbonyl (C=O) groups excluding carboxylic acids is 1. The zero-order chi connectivity index (χ0) is 18.7. The predicted octanol–water partition coefficient (Wildman–Crippen LogP) is 3.18. The molecule has 6 heteroatoms. The van der Waals surface area contributed by atoms with Crippen LogP contribution in [0.15, 0.2) is 12.2 Å². The molecular formula is C19H32O5S. The summed E-state index contributed by atoms with van der Waals surface area (Å²) in [4.78, 5) is 22.4. The van der Waals surface area contributed by atoms with Crippen LogP contribution in [0.1, 0.15) is 64.7 Å². The number of rotatable bonds is 13. The molecular weight excluding hydrogens is 340 g/mol. The van der Waals surface area contributed by atoms with Crippen molar-refractivity contribution in [2.75, 3.05) is 5.75 Å². The molecule has 3 N–H and O–H groups in total. The molecule has 1 saturated carbocycles. The first kappa shape index (κ1) is 22.2. The number of allylic oxidation sites excluding steroid dienone is 2. The third-order valence-electron chi connectivity index (χ3n) is 4.61. The van der Waals surface area contributed by atoms with Gasteiger partial charge >= 0.3 is 5.97 Å². The number of aliphatic carboxylic acids is 1. The number of ketones is 1. The molecule has 4 unspecified atom stereocenters. The van der Waals surface area contributed by atoms with Crippen molar-refractivity contribution in [3.8, 4) is 0 Å². The summed E-state index contributed by atoms with van der Waals surface area (Å²) in [5.74, 6) is -0.228. The molecule has 0 spiro atoms. The number of carbonyl (C=O) groups is 2. The van der Waals surface area contributed by atoms with Gasteiger partial charge < -0.3 is 15.3 Å². The van der Waals surface area contributed by atoms with Crippen LogP contribution in [0.5, 0.6) is 0 Å². The first-order valence-corrected chi connectivity index (χ1v) is 10.4. The highest BCUT2D eigenvalue weighted by atomic mass is 32.2. The van der Waals surface area contributed by atoms with Gasteiger partial charge in [0.05, 0.1) is 18.0 Å². The van der Waals surface area contributed by atoms with E-state index >= 15 is 0 Å². The zero-order valence-electron chi connectivity index (χ0n) is 15.1. The summed E-state index contributed by atoms with van der Waals surface area (Å²) in [7, 11) is 0. The van der Waals surface area contributed by atoms with E-state index in [0.29, 0.717) is 37.9 Å². The summed E-state index contributed by atoms with van der Waals surface area (Å²) in [6, 6.07) is 0. The van der Waals surface area contributed by atoms with Crippen LogP contribution < -0.4 is 0 Å². The maximum Gasteiger partial charge on any atom is 0.303 e. The number of carboxylic acid groups (broad SMARTS) is 1. The van der Waals surface area contributed by atoms with Gasteiger partial charge in [0.15, 0.2) is 0 Å². The van der Waals surface area contributed by atoms with E-state index in [9.17, 15) is 19.8 Å². The molecule has 4 atom stereocenters. The van der Waals surface area contributed by atoms with E-state index in [1.54, 1.807) is 0 Å². The quantitative estimate of drug-likeness (QED) is 0.339. The molecule has 1 aliphatic rings. The summed E-state index contributed by atoms with van der Waals surface area (Å²) in [6.07, 6.45) is 8.93. The Morgan fingerprint density at radius 2 is 1.84 bits per heavy atom. The van der Waals surface area contributed by atoms with E-state index in [1.165, 1.54) is 11.8 Å². The molecule has 0 heterocycles. The highest BCUT2D eigenvalue weighted by Crippen LogP contribution is 2.38. The Hall–Kier alpha value is -0.850. The summed E-state index contributed by atoms with van der Waals surface area (Å²) in [5.41, 5.74) is 0. The van der Waals surface area contributed by atoms with Gasteiger partial charge in [-0.15, -0.1) is 11.8 Å². The zero-order valence-corrected chi connectivity index (χ0v) is 15.9. The molecule has 0 aromatic heterocycles. The summed E-state index contributed by atoms with van der Waals surface area (Å²) in [6.45, 7) is 2.11. The topological polar surface area (TPSA) is 94.8 Å². The van der Waals surface area contributed by atoms with Gasteiger partial charge in [0.25, 0.3) is 0 Å². The maximum absolute atomic E-state index is 11.9. The van der Waals surface area contributed by atoms with Crippen molar-refractivity contribution in [3.63, 3.8) is 0 Å². The molecule has 0 radical (unpaired) electrons. The van der Waals surface area contributed by atoms with Crippen LogP contribution in [0, 0.1) is 5.92 Å². The highest BCUT2D eigenvalue weighted by molar-refractivity contribution is 8.00. The summed E-state index contributed by atoms with van der Waals surface area (Å²) < 4.78 is 0. The van der Waals surface area contributed by atoms with Crippen molar-refractivity contribution >= 4 is 23.5 Å². The normalized spacial score (nSPS) is 26.4. The van der Waals surface area contributed by atoms with Gasteiger partial charge in [0.1, 0.15) is 5.78 Å². The third-order valence-corrected chi connectivity index (χ3v) is 6.15. The number of aliphatic hydroxyl groups is 2. The van der Waals surface area contributed by atoms with Crippen LogP contribution in [-0.2, 0) is 9.59 Å². The number of aliphatic hydroxyl groups excluding tert-OH is 2. The Kier molecular flexibility index (Phi) is 11.1. The van der Waals surface area contributed by atoms with E-state index in [4.69, 9.17) is 5.11 Å². The number of hydrogen-bond acceptors (Lipinski definition) is 5. The smallest absolute Gasteiger partial charge is 0.303 e. The number of unbranched alkanes of at least 4 members (excludes halogenated alkanes) is 3. The van der Waals surface area contributed by atoms with Crippen molar-refractivity contribution < 1.29 is 24.9 Å². The van der Waals surface area contributed by atoms with E-state index < -0.39 is 18.2 Å². The molecule has 1 aliphatic carbocycles. The van der Waals surface area contributed by atoms with Gasteiger partial charge in [-0.2, -0.15) is 0 Å². The molecule has 25 heavy (non-hydrogen) atoms. The minimum Gasteiger partial charge on any atom is -0.481 e. The molecule has 0 aromatic carbocycles. The highest BCUT2D eigenvalue weighted by Gasteiger charge is 2.41. The van der Waals surface area contributed by atoms with Crippen LogP contribution in [0.4, 0.5) is 0 Å². The fourth-order valence-electron chi connectivity index (χ4n) is 3.16. The van der Waals surface area contributed by atoms with Crippen LogP contribution in [0.25, 0.3) is 0 Å². The lowest BCUT2D eigenvalue weighted by atomic mass is 10.0. The predicted molar refractivity (Wildman–Crippen MR) is 101 cm³/mol. The average Bonchev–Trinajstić information content (AvgIpc) is 2.82. The second kappa shape index (κ2) is 12.5. The van der Waals surface area contributed by atoms with Crippen LogP contribution in [-0.4, -0.2) is 50.3 Å². The van der Waals surface area contributed by atoms with E-state index in [-0.39, 0.29) is 23.4 Å². The third kappa shape index (κ3) is 8.88. The minimum atomic E-state index is -0.789. The fraction of sp³-hybridized carbons (Fsp3) is 0.789. The fourth-order valence-corrected chi connectivity index (χ4v) is 4.56. The number of carboxylic acids is 1. The first-order chi connectivity index (χ1) is 12.0. The van der Waals surface area contributed by atoms with Gasteiger partial charge in [-0.25, -0.2) is 0 Å². The monoisotopic (exact) mass is 372 g/mol. The van der Waals surface area contributed by atoms with Crippen LogP contribution in [0.3, 0.4) is 0 Å². The minimum absolute atomic E-state index is 0.0563. The molecule has 0 amide bonds. The summed E-state index contributed by atoms with van der Waals surface area (Å²) >= 11 is 1.47. The molecule has 0 saturated heterocycles. The maximum atomic E-state index is 11.9. The Balaban J connectivity index is 2.38. The second-order valence-corrected chi connectivity index (χ2v) is 7.97. The van der Waals surface area contributed by atoms with Crippen molar-refractivity contribution in [1.29, 1.82) is 0 Å². The molecule has 0 bridgehead atoms. The number of hydrogen-bond donors (Lipinski definition) is 3. The molecule has 1 fully saturated rings. The molecule has 0 aromatic rings. The van der Waals surface area contributed by atoms with E-state index in [1.807, 2.05) is 12.2 Å². The van der Waals surface area contributed by atoms with Crippen molar-refractivity contribution in [3.05, 3.63) is 12.2 Å². The van der Waals surface area contributed by atoms with Crippen LogP contribution in [0.2, 0.25) is 0 Å². The van der Waals surface area contributed by atoms with E-state index in [0.717, 1.165) is 19.3 Å². The van der Waals surface area contributed by atoms with Crippen LogP contribution >= 0.6 is 11.8 Å². The lowest BCUT2D eigenvalue weighted by Crippen LogP contribution is -2.25. The van der Waals surface area contributed by atoms with Gasteiger partial charge in [-0.1, -0.05) is 31.9 Å². The first-order valence-electron chi connectivity index (χ1n) is 9.31. The Labute approximate surface area is 154 Å². The Morgan fingerprint density at radius 3 is 2.52 bits per heavy atom.